The molecule has 0 amide bonds. The Morgan fingerprint density at radius 1 is 1.24 bits per heavy atom. The third kappa shape index (κ3) is 5.16. The second-order valence-electron chi connectivity index (χ2n) is 7.32. The molecule has 1 aliphatic rings. The topological polar surface area (TPSA) is 77.2 Å². The zero-order chi connectivity index (χ0) is 24.5. The van der Waals surface area contributed by atoms with Gasteiger partial charge in [-0.2, -0.15) is 8.78 Å². The Balaban J connectivity index is 2.26. The summed E-state index contributed by atoms with van der Waals surface area (Å²) >= 11 is 7.04. The van der Waals surface area contributed by atoms with Crippen LogP contribution in [0.2, 0.25) is 5.02 Å². The van der Waals surface area contributed by atoms with Gasteiger partial charge in [0.05, 0.1) is 29.2 Å². The zero-order valence-corrected chi connectivity index (χ0v) is 19.2. The highest BCUT2D eigenvalue weighted by molar-refractivity contribution is 8.01. The summed E-state index contributed by atoms with van der Waals surface area (Å²) in [6.07, 6.45) is -0.397. The minimum absolute atomic E-state index is 0.0107. The van der Waals surface area contributed by atoms with Crippen LogP contribution in [-0.2, 0) is 9.53 Å². The maximum atomic E-state index is 14.8. The molecular formula is C22H20ClF4N3O2S. The molecule has 3 rings (SSSR count). The van der Waals surface area contributed by atoms with Crippen LogP contribution in [-0.4, -0.2) is 35.4 Å². The van der Waals surface area contributed by atoms with Crippen molar-refractivity contribution < 1.29 is 27.1 Å². The molecule has 0 aliphatic carbocycles. The van der Waals surface area contributed by atoms with Crippen molar-refractivity contribution in [3.8, 4) is 0 Å². The molecule has 2 atom stereocenters. The molecular weight excluding hydrogens is 482 g/mol. The Kier molecular flexibility index (Phi) is 7.38. The van der Waals surface area contributed by atoms with E-state index < -0.39 is 52.1 Å². The van der Waals surface area contributed by atoms with Crippen LogP contribution in [0.25, 0.3) is 0 Å². The van der Waals surface area contributed by atoms with Crippen LogP contribution in [0.3, 0.4) is 0 Å². The van der Waals surface area contributed by atoms with E-state index in [-0.39, 0.29) is 28.4 Å². The quantitative estimate of drug-likeness (QED) is 0.221. The van der Waals surface area contributed by atoms with E-state index >= 15 is 0 Å². The van der Waals surface area contributed by atoms with Gasteiger partial charge < -0.3 is 4.74 Å². The fraction of sp³-hybridized carbons (Fsp3) is 0.318. The number of alkyl halides is 2. The number of ether oxygens (including phenoxy) is 1. The highest BCUT2D eigenvalue weighted by atomic mass is 35.5. The molecule has 0 radical (unpaired) electrons. The lowest BCUT2D eigenvalue weighted by Gasteiger charge is -2.30. The summed E-state index contributed by atoms with van der Waals surface area (Å²) < 4.78 is 62.3. The first-order chi connectivity index (χ1) is 15.5. The number of anilines is 1. The summed E-state index contributed by atoms with van der Waals surface area (Å²) in [6, 6.07) is 7.70. The normalized spacial score (nSPS) is 18.5. The SMILES string of the molecule is CCOC(=O)C[C@H]1S[C@H](c2cccc(F)c2F)c2cc(Cl)ccc2N(C(=N)C(C)(F)F)C1=N. The van der Waals surface area contributed by atoms with Crippen LogP contribution in [0.5, 0.6) is 0 Å². The van der Waals surface area contributed by atoms with Gasteiger partial charge in [-0.25, -0.2) is 8.78 Å². The number of hydrogen-bond acceptors (Lipinski definition) is 5. The van der Waals surface area contributed by atoms with Crippen LogP contribution < -0.4 is 4.90 Å². The number of fused-ring (bicyclic) bond motifs is 1. The summed E-state index contributed by atoms with van der Waals surface area (Å²) in [6.45, 7) is 2.17. The van der Waals surface area contributed by atoms with E-state index in [1.54, 1.807) is 6.92 Å². The lowest BCUT2D eigenvalue weighted by molar-refractivity contribution is -0.142. The Morgan fingerprint density at radius 3 is 2.58 bits per heavy atom. The van der Waals surface area contributed by atoms with Crippen LogP contribution in [0.1, 0.15) is 36.6 Å². The number of carbonyl (C=O) groups excluding carboxylic acids is 1. The molecule has 2 aromatic rings. The minimum Gasteiger partial charge on any atom is -0.466 e. The standard InChI is InChI=1S/C22H20ClF4N3O2S/c1-3-32-17(31)10-16-20(28)30(21(29)22(2,26)27)15-8-7-11(23)9-13(15)19(33-16)12-5-4-6-14(24)18(12)25/h4-9,16,19,28-29H,3,10H2,1-2H3/t16-,19-/m1/s1. The molecule has 0 saturated heterocycles. The molecule has 33 heavy (non-hydrogen) atoms. The number of benzene rings is 2. The monoisotopic (exact) mass is 501 g/mol. The highest BCUT2D eigenvalue weighted by Crippen LogP contribution is 2.49. The molecule has 0 fully saturated rings. The lowest BCUT2D eigenvalue weighted by atomic mass is 10.0. The van der Waals surface area contributed by atoms with Crippen molar-refractivity contribution in [3.63, 3.8) is 0 Å². The number of thioether (sulfide) groups is 1. The van der Waals surface area contributed by atoms with Gasteiger partial charge in [0, 0.05) is 17.5 Å². The maximum absolute atomic E-state index is 14.8. The molecule has 1 aliphatic heterocycles. The van der Waals surface area contributed by atoms with Crippen LogP contribution in [0, 0.1) is 22.5 Å². The fourth-order valence-electron chi connectivity index (χ4n) is 3.43. The second-order valence-corrected chi connectivity index (χ2v) is 9.07. The van der Waals surface area contributed by atoms with Crippen molar-refractivity contribution in [1.82, 2.24) is 0 Å². The Bertz CT molecular complexity index is 1110. The molecule has 5 nitrogen and oxygen atoms in total. The van der Waals surface area contributed by atoms with Gasteiger partial charge in [-0.1, -0.05) is 23.7 Å². The number of nitrogens with zero attached hydrogens (tertiary/aromatic N) is 1. The molecule has 176 valence electrons. The number of nitrogens with one attached hydrogen (secondary N) is 2. The van der Waals surface area contributed by atoms with E-state index in [1.807, 2.05) is 0 Å². The number of rotatable bonds is 5. The predicted octanol–water partition coefficient (Wildman–Crippen LogP) is 6.19. The zero-order valence-electron chi connectivity index (χ0n) is 17.6. The summed E-state index contributed by atoms with van der Waals surface area (Å²) in [5.41, 5.74) is 0.0763. The van der Waals surface area contributed by atoms with Crippen LogP contribution >= 0.6 is 23.4 Å². The number of carbonyl (C=O) groups is 1. The smallest absolute Gasteiger partial charge is 0.307 e. The third-order valence-corrected chi connectivity index (χ3v) is 6.65. The Hall–Kier alpha value is -2.59. The van der Waals surface area contributed by atoms with Crippen molar-refractivity contribution in [2.75, 3.05) is 11.5 Å². The van der Waals surface area contributed by atoms with Gasteiger partial charge in [0.15, 0.2) is 17.5 Å². The summed E-state index contributed by atoms with van der Waals surface area (Å²) in [4.78, 5) is 12.9. The van der Waals surface area contributed by atoms with Gasteiger partial charge in [-0.15, -0.1) is 11.8 Å². The minimum atomic E-state index is -3.63. The van der Waals surface area contributed by atoms with Gasteiger partial charge in [-0.05, 0) is 36.8 Å². The molecule has 0 spiro atoms. The molecule has 0 bridgehead atoms. The molecule has 11 heteroatoms. The number of halogens is 5. The van der Waals surface area contributed by atoms with E-state index in [0.29, 0.717) is 6.92 Å². The van der Waals surface area contributed by atoms with E-state index in [9.17, 15) is 22.4 Å². The van der Waals surface area contributed by atoms with Crippen molar-refractivity contribution in [3.05, 3.63) is 64.2 Å². The first-order valence-electron chi connectivity index (χ1n) is 9.85. The van der Waals surface area contributed by atoms with Crippen LogP contribution in [0.4, 0.5) is 23.2 Å². The van der Waals surface area contributed by atoms with Gasteiger partial charge >= 0.3 is 11.9 Å². The van der Waals surface area contributed by atoms with E-state index in [0.717, 1.165) is 22.7 Å². The first kappa shape index (κ1) is 25.0. The third-order valence-electron chi connectivity index (χ3n) is 4.92. The lowest BCUT2D eigenvalue weighted by Crippen LogP contribution is -2.48. The number of esters is 1. The van der Waals surface area contributed by atoms with Crippen LogP contribution in [0.15, 0.2) is 36.4 Å². The molecule has 2 N–H and O–H groups in total. The molecule has 2 aromatic carbocycles. The molecule has 1 heterocycles. The van der Waals surface area contributed by atoms with E-state index in [1.165, 1.54) is 30.3 Å². The predicted molar refractivity (Wildman–Crippen MR) is 121 cm³/mol. The largest absolute Gasteiger partial charge is 0.466 e. The second kappa shape index (κ2) is 9.72. The van der Waals surface area contributed by atoms with Crippen molar-refractivity contribution in [1.29, 1.82) is 10.8 Å². The fourth-order valence-corrected chi connectivity index (χ4v) is 5.07. The Labute approximate surface area is 197 Å². The van der Waals surface area contributed by atoms with Gasteiger partial charge in [0.1, 0.15) is 5.84 Å². The first-order valence-corrected chi connectivity index (χ1v) is 11.2. The number of hydrogen-bond donors (Lipinski definition) is 2. The molecule has 0 saturated carbocycles. The van der Waals surface area contributed by atoms with Gasteiger partial charge in [0.2, 0.25) is 0 Å². The van der Waals surface area contributed by atoms with Crippen molar-refractivity contribution in [2.45, 2.75) is 36.7 Å². The van der Waals surface area contributed by atoms with Gasteiger partial charge in [0.25, 0.3) is 0 Å². The van der Waals surface area contributed by atoms with Gasteiger partial charge in [-0.3, -0.25) is 20.5 Å². The van der Waals surface area contributed by atoms with E-state index in [4.69, 9.17) is 27.2 Å². The number of amidine groups is 2. The summed E-state index contributed by atoms with van der Waals surface area (Å²) in [5.74, 6) is -8.27. The highest BCUT2D eigenvalue weighted by Gasteiger charge is 2.43. The van der Waals surface area contributed by atoms with Crippen molar-refractivity contribution >= 4 is 46.7 Å². The summed E-state index contributed by atoms with van der Waals surface area (Å²) in [5, 5.41) is 14.8. The molecule has 0 unspecified atom stereocenters. The van der Waals surface area contributed by atoms with Crippen molar-refractivity contribution in [2.24, 2.45) is 0 Å². The van der Waals surface area contributed by atoms with E-state index in [2.05, 4.69) is 0 Å². The molecule has 0 aromatic heterocycles. The average Bonchev–Trinajstić information content (AvgIpc) is 2.84. The maximum Gasteiger partial charge on any atom is 0.307 e. The average molecular weight is 502 g/mol. The Morgan fingerprint density at radius 2 is 1.94 bits per heavy atom. The summed E-state index contributed by atoms with van der Waals surface area (Å²) in [7, 11) is 0.